The number of alkyl halides is 1. The predicted molar refractivity (Wildman–Crippen MR) is 119 cm³/mol. The zero-order chi connectivity index (χ0) is 21.5. The van der Waals surface area contributed by atoms with Gasteiger partial charge in [0.25, 0.3) is 0 Å². The number of H-pyrrole nitrogens is 1. The van der Waals surface area contributed by atoms with Crippen molar-refractivity contribution in [3.63, 3.8) is 0 Å². The van der Waals surface area contributed by atoms with E-state index in [4.69, 9.17) is 22.5 Å². The Bertz CT molecular complexity index is 1210. The number of fused-ring (bicyclic) bond motifs is 1. The Hall–Kier alpha value is -2.35. The monoisotopic (exact) mass is 445 g/mol. The lowest BCUT2D eigenvalue weighted by Gasteiger charge is -2.27. The van der Waals surface area contributed by atoms with Crippen LogP contribution in [0.4, 0.5) is 0 Å². The fourth-order valence-electron chi connectivity index (χ4n) is 4.54. The van der Waals surface area contributed by atoms with E-state index in [9.17, 15) is 13.2 Å². The zero-order valence-electron chi connectivity index (χ0n) is 16.4. The number of nitrogens with two attached hydrogens (primary N) is 2. The first-order chi connectivity index (χ1) is 14.3. The number of aromatic amines is 1. The molecule has 8 heteroatoms. The second kappa shape index (κ2) is 8.06. The summed E-state index contributed by atoms with van der Waals surface area (Å²) < 4.78 is 25.5. The molecule has 1 aliphatic rings. The van der Waals surface area contributed by atoms with E-state index in [-0.39, 0.29) is 22.6 Å². The van der Waals surface area contributed by atoms with Gasteiger partial charge in [-0.15, -0.1) is 11.6 Å². The van der Waals surface area contributed by atoms with Crippen molar-refractivity contribution < 1.29 is 13.2 Å². The summed E-state index contributed by atoms with van der Waals surface area (Å²) in [5, 5.41) is 6.67. The molecule has 0 radical (unpaired) electrons. The maximum Gasteiger partial charge on any atom is 0.239 e. The Morgan fingerprint density at radius 1 is 1.07 bits per heavy atom. The SMILES string of the molecule is NC(=O)Cc1c(-c2cccc(C3CCC(Cl)CC3)c2S(N)(=O)=O)[nH]c2ccccc12. The van der Waals surface area contributed by atoms with Crippen LogP contribution >= 0.6 is 11.6 Å². The standard InChI is InChI=1S/C22H24ClN3O3S/c23-14-10-8-13(9-11-14)15-5-3-6-17(22(15)30(25,28)29)21-18(12-20(24)27)16-4-1-2-7-19(16)26-21/h1-7,13-14,26H,8-12H2,(H2,24,27)(H2,25,28,29). The molecular weight excluding hydrogens is 422 g/mol. The van der Waals surface area contributed by atoms with E-state index < -0.39 is 15.9 Å². The van der Waals surface area contributed by atoms with Gasteiger partial charge in [0.1, 0.15) is 0 Å². The summed E-state index contributed by atoms with van der Waals surface area (Å²) in [6.07, 6.45) is 3.27. The van der Waals surface area contributed by atoms with Gasteiger partial charge in [0.2, 0.25) is 15.9 Å². The second-order valence-corrected chi connectivity index (χ2v) is 10.0. The van der Waals surface area contributed by atoms with Gasteiger partial charge in [-0.2, -0.15) is 0 Å². The molecular formula is C22H24ClN3O3S. The molecule has 1 saturated carbocycles. The highest BCUT2D eigenvalue weighted by atomic mass is 35.5. The minimum atomic E-state index is -4.03. The minimum Gasteiger partial charge on any atom is -0.369 e. The third kappa shape index (κ3) is 3.97. The van der Waals surface area contributed by atoms with Crippen molar-refractivity contribution in [3.8, 4) is 11.3 Å². The summed E-state index contributed by atoms with van der Waals surface area (Å²) in [6, 6.07) is 12.9. The number of hydrogen-bond donors (Lipinski definition) is 3. The molecule has 4 rings (SSSR count). The quantitative estimate of drug-likeness (QED) is 0.518. The molecule has 0 saturated heterocycles. The largest absolute Gasteiger partial charge is 0.369 e. The Kier molecular flexibility index (Phi) is 5.61. The zero-order valence-corrected chi connectivity index (χ0v) is 18.0. The highest BCUT2D eigenvalue weighted by Gasteiger charge is 2.29. The summed E-state index contributed by atoms with van der Waals surface area (Å²) in [7, 11) is -4.03. The Labute approximate surface area is 180 Å². The van der Waals surface area contributed by atoms with Gasteiger partial charge in [-0.05, 0) is 48.8 Å². The van der Waals surface area contributed by atoms with Crippen LogP contribution in [0.5, 0.6) is 0 Å². The second-order valence-electron chi connectivity index (χ2n) is 7.89. The first kappa shape index (κ1) is 20.9. The number of hydrogen-bond acceptors (Lipinski definition) is 3. The number of aromatic nitrogens is 1. The van der Waals surface area contributed by atoms with E-state index in [1.54, 1.807) is 6.07 Å². The lowest BCUT2D eigenvalue weighted by atomic mass is 9.83. The summed E-state index contributed by atoms with van der Waals surface area (Å²) >= 11 is 6.25. The van der Waals surface area contributed by atoms with Gasteiger partial charge in [-0.3, -0.25) is 4.79 Å². The van der Waals surface area contributed by atoms with Crippen molar-refractivity contribution >= 4 is 38.4 Å². The van der Waals surface area contributed by atoms with Gasteiger partial charge >= 0.3 is 0 Å². The predicted octanol–water partition coefficient (Wildman–Crippen LogP) is 3.78. The fraction of sp³-hybridized carbons (Fsp3) is 0.318. The molecule has 158 valence electrons. The number of carbonyl (C=O) groups is 1. The number of primary amides is 1. The number of primary sulfonamides is 1. The Balaban J connectivity index is 1.96. The lowest BCUT2D eigenvalue weighted by molar-refractivity contribution is -0.117. The molecule has 2 aromatic carbocycles. The van der Waals surface area contributed by atoms with Gasteiger partial charge in [-0.1, -0.05) is 36.4 Å². The van der Waals surface area contributed by atoms with Gasteiger partial charge in [0.05, 0.1) is 17.0 Å². The van der Waals surface area contributed by atoms with E-state index in [0.717, 1.165) is 36.6 Å². The van der Waals surface area contributed by atoms with Gasteiger partial charge in [0.15, 0.2) is 0 Å². The van der Waals surface area contributed by atoms with Crippen LogP contribution in [0.3, 0.4) is 0 Å². The van der Waals surface area contributed by atoms with Crippen molar-refractivity contribution in [2.45, 2.75) is 48.3 Å². The molecule has 0 atom stereocenters. The lowest BCUT2D eigenvalue weighted by Crippen LogP contribution is -2.20. The van der Waals surface area contributed by atoms with Crippen LogP contribution in [-0.4, -0.2) is 24.7 Å². The molecule has 1 amide bonds. The maximum absolute atomic E-state index is 12.7. The highest BCUT2D eigenvalue weighted by molar-refractivity contribution is 7.89. The molecule has 0 spiro atoms. The van der Waals surface area contributed by atoms with Crippen LogP contribution in [0.15, 0.2) is 47.4 Å². The van der Waals surface area contributed by atoms with Crippen LogP contribution in [0.1, 0.15) is 42.7 Å². The fourth-order valence-corrected chi connectivity index (χ4v) is 5.83. The van der Waals surface area contributed by atoms with E-state index >= 15 is 0 Å². The van der Waals surface area contributed by atoms with Gasteiger partial charge in [-0.25, -0.2) is 13.6 Å². The molecule has 0 bridgehead atoms. The first-order valence-corrected chi connectivity index (χ1v) is 11.9. The Morgan fingerprint density at radius 2 is 1.77 bits per heavy atom. The van der Waals surface area contributed by atoms with E-state index in [0.29, 0.717) is 22.4 Å². The van der Waals surface area contributed by atoms with Crippen molar-refractivity contribution in [1.82, 2.24) is 4.98 Å². The molecule has 1 aromatic heterocycles. The van der Waals surface area contributed by atoms with E-state index in [1.165, 1.54) is 0 Å². The number of benzene rings is 2. The van der Waals surface area contributed by atoms with Gasteiger partial charge in [0, 0.05) is 21.8 Å². The number of sulfonamides is 1. The molecule has 1 aliphatic carbocycles. The molecule has 5 N–H and O–H groups in total. The van der Waals surface area contributed by atoms with Crippen LogP contribution in [-0.2, 0) is 21.2 Å². The van der Waals surface area contributed by atoms with Crippen molar-refractivity contribution in [2.75, 3.05) is 0 Å². The molecule has 6 nitrogen and oxygen atoms in total. The maximum atomic E-state index is 12.7. The number of halogens is 1. The molecule has 1 fully saturated rings. The summed E-state index contributed by atoms with van der Waals surface area (Å²) in [4.78, 5) is 15.2. The smallest absolute Gasteiger partial charge is 0.239 e. The molecule has 1 heterocycles. The third-order valence-corrected chi connectivity index (χ3v) is 7.32. The minimum absolute atomic E-state index is 0.00894. The van der Waals surface area contributed by atoms with E-state index in [1.807, 2.05) is 36.4 Å². The van der Waals surface area contributed by atoms with Crippen molar-refractivity contribution in [1.29, 1.82) is 0 Å². The number of rotatable bonds is 5. The summed E-state index contributed by atoms with van der Waals surface area (Å²) in [5.41, 5.74) is 8.71. The van der Waals surface area contributed by atoms with Gasteiger partial charge < -0.3 is 10.7 Å². The number of para-hydroxylation sites is 1. The van der Waals surface area contributed by atoms with E-state index in [2.05, 4.69) is 4.98 Å². The number of carbonyl (C=O) groups excluding carboxylic acids is 1. The highest BCUT2D eigenvalue weighted by Crippen LogP contribution is 2.42. The Morgan fingerprint density at radius 3 is 2.43 bits per heavy atom. The molecule has 30 heavy (non-hydrogen) atoms. The van der Waals surface area contributed by atoms with Crippen molar-refractivity contribution in [3.05, 3.63) is 53.6 Å². The van der Waals surface area contributed by atoms with Crippen LogP contribution < -0.4 is 10.9 Å². The summed E-state index contributed by atoms with van der Waals surface area (Å²) in [5.74, 6) is -0.424. The average molecular weight is 446 g/mol. The average Bonchev–Trinajstić information content (AvgIpc) is 3.05. The van der Waals surface area contributed by atoms with Crippen LogP contribution in [0.2, 0.25) is 0 Å². The summed E-state index contributed by atoms with van der Waals surface area (Å²) in [6.45, 7) is 0. The topological polar surface area (TPSA) is 119 Å². The molecule has 0 aliphatic heterocycles. The van der Waals surface area contributed by atoms with Crippen molar-refractivity contribution in [2.24, 2.45) is 10.9 Å². The van der Waals surface area contributed by atoms with Crippen LogP contribution in [0, 0.1) is 0 Å². The molecule has 0 unspecified atom stereocenters. The molecule has 3 aromatic rings. The van der Waals surface area contributed by atoms with Crippen LogP contribution in [0.25, 0.3) is 22.2 Å². The third-order valence-electron chi connectivity index (χ3n) is 5.86. The first-order valence-electron chi connectivity index (χ1n) is 9.93. The number of amides is 1. The number of nitrogens with one attached hydrogen (secondary N) is 1. The normalized spacial score (nSPS) is 19.8.